The van der Waals surface area contributed by atoms with E-state index in [2.05, 4.69) is 10.9 Å². The number of nitrogens with one attached hydrogen (secondary N) is 2. The Balaban J connectivity index is 1.85. The maximum atomic E-state index is 12.2. The highest BCUT2D eigenvalue weighted by atomic mass is 32.2. The summed E-state index contributed by atoms with van der Waals surface area (Å²) < 4.78 is 10.6. The van der Waals surface area contributed by atoms with Crippen molar-refractivity contribution in [2.45, 2.75) is 11.8 Å². The lowest BCUT2D eigenvalue weighted by molar-refractivity contribution is -0.384. The van der Waals surface area contributed by atoms with Gasteiger partial charge in [0.2, 0.25) is 5.91 Å². The van der Waals surface area contributed by atoms with Crippen molar-refractivity contribution in [3.8, 4) is 11.5 Å². The number of nitrogens with zero attached hydrogens (tertiary/aromatic N) is 1. The summed E-state index contributed by atoms with van der Waals surface area (Å²) in [6, 6.07) is 10.5. The highest BCUT2D eigenvalue weighted by Gasteiger charge is 2.12. The summed E-state index contributed by atoms with van der Waals surface area (Å²) in [6.07, 6.45) is 0. The van der Waals surface area contributed by atoms with Crippen LogP contribution in [0.15, 0.2) is 47.4 Å². The van der Waals surface area contributed by atoms with Crippen molar-refractivity contribution in [1.29, 1.82) is 0 Å². The average molecular weight is 405 g/mol. The van der Waals surface area contributed by atoms with Crippen molar-refractivity contribution in [3.63, 3.8) is 0 Å². The van der Waals surface area contributed by atoms with Gasteiger partial charge in [0.15, 0.2) is 11.5 Å². The second-order valence-electron chi connectivity index (χ2n) is 5.34. The summed E-state index contributed by atoms with van der Waals surface area (Å²) in [7, 11) is 1.47. The van der Waals surface area contributed by atoms with Crippen molar-refractivity contribution in [2.24, 2.45) is 0 Å². The number of carbonyl (C=O) groups is 2. The number of nitro groups is 1. The minimum absolute atomic E-state index is 0.0214. The van der Waals surface area contributed by atoms with Gasteiger partial charge in [-0.3, -0.25) is 30.6 Å². The molecular weight excluding hydrogens is 386 g/mol. The van der Waals surface area contributed by atoms with Crippen LogP contribution >= 0.6 is 11.8 Å². The van der Waals surface area contributed by atoms with Crippen LogP contribution in [0.2, 0.25) is 0 Å². The van der Waals surface area contributed by atoms with E-state index in [0.717, 1.165) is 0 Å². The fraction of sp³-hybridized carbons (Fsp3) is 0.222. The molecule has 0 aliphatic rings. The first kappa shape index (κ1) is 21.0. The third-order valence-corrected chi connectivity index (χ3v) is 4.47. The number of hydrogen-bond acceptors (Lipinski definition) is 7. The number of benzene rings is 2. The molecule has 0 radical (unpaired) electrons. The van der Waals surface area contributed by atoms with E-state index < -0.39 is 16.7 Å². The van der Waals surface area contributed by atoms with Crippen LogP contribution in [0.3, 0.4) is 0 Å². The van der Waals surface area contributed by atoms with Gasteiger partial charge in [0.25, 0.3) is 11.6 Å². The van der Waals surface area contributed by atoms with Gasteiger partial charge in [0.1, 0.15) is 0 Å². The maximum absolute atomic E-state index is 12.2. The molecule has 0 saturated carbocycles. The van der Waals surface area contributed by atoms with Crippen LogP contribution in [0.5, 0.6) is 11.5 Å². The normalized spacial score (nSPS) is 10.1. The number of non-ortho nitro benzene ring substituents is 1. The van der Waals surface area contributed by atoms with E-state index in [1.54, 1.807) is 24.3 Å². The van der Waals surface area contributed by atoms with Gasteiger partial charge in [-0.2, -0.15) is 0 Å². The van der Waals surface area contributed by atoms with Crippen LogP contribution < -0.4 is 20.3 Å². The van der Waals surface area contributed by atoms with Gasteiger partial charge in [-0.25, -0.2) is 0 Å². The van der Waals surface area contributed by atoms with Crippen molar-refractivity contribution < 1.29 is 24.0 Å². The first-order valence-corrected chi connectivity index (χ1v) is 9.20. The van der Waals surface area contributed by atoms with E-state index in [1.807, 2.05) is 6.92 Å². The van der Waals surface area contributed by atoms with E-state index in [1.165, 1.54) is 37.1 Å². The molecule has 2 rings (SSSR count). The molecule has 0 aliphatic carbocycles. The SMILES string of the molecule is CCOc1ccc(C(=O)NNC(=O)CSc2ccc([N+](=O)[O-])cc2)cc1OC. The zero-order valence-corrected chi connectivity index (χ0v) is 16.1. The Morgan fingerprint density at radius 2 is 1.82 bits per heavy atom. The Kier molecular flexibility index (Phi) is 7.64. The molecule has 2 N–H and O–H groups in total. The molecule has 2 aromatic carbocycles. The zero-order chi connectivity index (χ0) is 20.5. The van der Waals surface area contributed by atoms with Gasteiger partial charge < -0.3 is 9.47 Å². The zero-order valence-electron chi connectivity index (χ0n) is 15.3. The Hall–Kier alpha value is -3.27. The Morgan fingerprint density at radius 1 is 1.11 bits per heavy atom. The summed E-state index contributed by atoms with van der Waals surface area (Å²) in [6.45, 7) is 2.30. The molecule has 0 fully saturated rings. The molecular formula is C18H19N3O6S. The molecule has 0 saturated heterocycles. The molecule has 0 spiro atoms. The lowest BCUT2D eigenvalue weighted by Crippen LogP contribution is -2.42. The number of hydrogen-bond donors (Lipinski definition) is 2. The predicted molar refractivity (Wildman–Crippen MR) is 104 cm³/mol. The minimum Gasteiger partial charge on any atom is -0.493 e. The van der Waals surface area contributed by atoms with Crippen molar-refractivity contribution in [2.75, 3.05) is 19.5 Å². The number of carbonyl (C=O) groups excluding carboxylic acids is 2. The Bertz CT molecular complexity index is 857. The summed E-state index contributed by atoms with van der Waals surface area (Å²) in [5.41, 5.74) is 4.92. The number of amides is 2. The summed E-state index contributed by atoms with van der Waals surface area (Å²) in [4.78, 5) is 34.9. The number of hydrazine groups is 1. The number of thioether (sulfide) groups is 1. The first-order chi connectivity index (χ1) is 13.4. The van der Waals surface area contributed by atoms with E-state index in [0.29, 0.717) is 28.6 Å². The van der Waals surface area contributed by atoms with Crippen LogP contribution in [0, 0.1) is 10.1 Å². The number of ether oxygens (including phenoxy) is 2. The van der Waals surface area contributed by atoms with Crippen molar-refractivity contribution in [1.82, 2.24) is 10.9 Å². The fourth-order valence-corrected chi connectivity index (χ4v) is 2.83. The van der Waals surface area contributed by atoms with Gasteiger partial charge in [-0.15, -0.1) is 11.8 Å². The summed E-state index contributed by atoms with van der Waals surface area (Å²) >= 11 is 1.19. The molecule has 28 heavy (non-hydrogen) atoms. The molecule has 2 aromatic rings. The topological polar surface area (TPSA) is 120 Å². The first-order valence-electron chi connectivity index (χ1n) is 8.22. The summed E-state index contributed by atoms with van der Waals surface area (Å²) in [5.74, 6) is 0.0364. The van der Waals surface area contributed by atoms with Crippen LogP contribution in [-0.4, -0.2) is 36.2 Å². The molecule has 10 heteroatoms. The maximum Gasteiger partial charge on any atom is 0.269 e. The molecule has 0 unspecified atom stereocenters. The van der Waals surface area contributed by atoms with E-state index >= 15 is 0 Å². The molecule has 2 amide bonds. The Morgan fingerprint density at radius 3 is 2.43 bits per heavy atom. The van der Waals surface area contributed by atoms with Crippen molar-refractivity contribution in [3.05, 3.63) is 58.1 Å². The molecule has 0 heterocycles. The van der Waals surface area contributed by atoms with Gasteiger partial charge >= 0.3 is 0 Å². The minimum atomic E-state index is -0.505. The van der Waals surface area contributed by atoms with Gasteiger partial charge in [-0.05, 0) is 37.3 Å². The highest BCUT2D eigenvalue weighted by molar-refractivity contribution is 8.00. The molecule has 148 valence electrons. The number of methoxy groups -OCH3 is 1. The second-order valence-corrected chi connectivity index (χ2v) is 6.39. The lowest BCUT2D eigenvalue weighted by atomic mass is 10.2. The fourth-order valence-electron chi connectivity index (χ4n) is 2.13. The van der Waals surface area contributed by atoms with E-state index in [-0.39, 0.29) is 11.4 Å². The van der Waals surface area contributed by atoms with Gasteiger partial charge in [0, 0.05) is 22.6 Å². The molecule has 0 atom stereocenters. The second kappa shape index (κ2) is 10.2. The van der Waals surface area contributed by atoms with Crippen LogP contribution in [0.4, 0.5) is 5.69 Å². The van der Waals surface area contributed by atoms with Crippen LogP contribution in [0.1, 0.15) is 17.3 Å². The molecule has 0 aromatic heterocycles. The number of rotatable bonds is 8. The molecule has 0 bridgehead atoms. The monoisotopic (exact) mass is 405 g/mol. The average Bonchev–Trinajstić information content (AvgIpc) is 2.71. The van der Waals surface area contributed by atoms with Gasteiger partial charge in [-0.1, -0.05) is 0 Å². The van der Waals surface area contributed by atoms with E-state index in [4.69, 9.17) is 9.47 Å². The van der Waals surface area contributed by atoms with E-state index in [9.17, 15) is 19.7 Å². The van der Waals surface area contributed by atoms with Crippen LogP contribution in [0.25, 0.3) is 0 Å². The van der Waals surface area contributed by atoms with Crippen molar-refractivity contribution >= 4 is 29.3 Å². The summed E-state index contributed by atoms with van der Waals surface area (Å²) in [5, 5.41) is 10.6. The quantitative estimate of drug-likeness (QED) is 0.393. The molecule has 0 aliphatic heterocycles. The Labute approximate surface area is 165 Å². The predicted octanol–water partition coefficient (Wildman–Crippen LogP) is 2.56. The smallest absolute Gasteiger partial charge is 0.269 e. The third-order valence-electron chi connectivity index (χ3n) is 3.46. The molecule has 9 nitrogen and oxygen atoms in total. The number of nitro benzene ring substituents is 1. The van der Waals surface area contributed by atoms with Gasteiger partial charge in [0.05, 0.1) is 24.4 Å². The lowest BCUT2D eigenvalue weighted by Gasteiger charge is -2.11. The highest BCUT2D eigenvalue weighted by Crippen LogP contribution is 2.28. The largest absolute Gasteiger partial charge is 0.493 e. The standard InChI is InChI=1S/C18H19N3O6S/c1-3-27-15-9-4-12(10-16(15)26-2)18(23)20-19-17(22)11-28-14-7-5-13(6-8-14)21(24)25/h4-10H,3,11H2,1-2H3,(H,19,22)(H,20,23). The third kappa shape index (κ3) is 5.88. The van der Waals surface area contributed by atoms with Crippen LogP contribution in [-0.2, 0) is 4.79 Å².